The molecule has 2 rings (SSSR count). The number of rotatable bonds is 7. The fraction of sp³-hybridized carbons (Fsp3) is 0.600. The number of nitrogens with zero attached hydrogens (tertiary/aromatic N) is 1. The predicted molar refractivity (Wildman–Crippen MR) is 78.1 cm³/mol. The molecule has 0 spiro atoms. The van der Waals surface area contributed by atoms with Crippen LogP contribution in [0.3, 0.4) is 0 Å². The molecule has 0 radical (unpaired) electrons. The zero-order valence-electron chi connectivity index (χ0n) is 11.3. The number of hydrogen-bond acceptors (Lipinski definition) is 3. The average molecular weight is 284 g/mol. The van der Waals surface area contributed by atoms with Crippen LogP contribution in [0.4, 0.5) is 0 Å². The standard InChI is InChI=1S/C15H22ClNO2/c16-14-5-4-6-15(13-14)19-12-11-18-10-9-17-7-2-1-3-8-17/h4-6,13H,1-3,7-12H2. The first-order valence-corrected chi connectivity index (χ1v) is 7.41. The quantitative estimate of drug-likeness (QED) is 0.717. The van der Waals surface area contributed by atoms with E-state index in [0.29, 0.717) is 18.2 Å². The molecule has 106 valence electrons. The summed E-state index contributed by atoms with van der Waals surface area (Å²) in [6.07, 6.45) is 4.04. The highest BCUT2D eigenvalue weighted by Gasteiger charge is 2.08. The molecule has 19 heavy (non-hydrogen) atoms. The molecule has 0 bridgehead atoms. The van der Waals surface area contributed by atoms with Crippen molar-refractivity contribution >= 4 is 11.6 Å². The smallest absolute Gasteiger partial charge is 0.120 e. The van der Waals surface area contributed by atoms with Crippen molar-refractivity contribution in [1.29, 1.82) is 0 Å². The van der Waals surface area contributed by atoms with Crippen molar-refractivity contribution < 1.29 is 9.47 Å². The molecule has 0 atom stereocenters. The second-order valence-electron chi connectivity index (χ2n) is 4.82. The van der Waals surface area contributed by atoms with E-state index in [1.165, 1.54) is 32.4 Å². The third-order valence-corrected chi connectivity index (χ3v) is 3.53. The Morgan fingerprint density at radius 1 is 1.05 bits per heavy atom. The molecule has 3 nitrogen and oxygen atoms in total. The zero-order chi connectivity index (χ0) is 13.3. The third kappa shape index (κ3) is 5.81. The Hall–Kier alpha value is -0.770. The molecule has 0 aromatic heterocycles. The maximum Gasteiger partial charge on any atom is 0.120 e. The lowest BCUT2D eigenvalue weighted by molar-refractivity contribution is 0.0750. The number of halogens is 1. The van der Waals surface area contributed by atoms with Gasteiger partial charge in [0.25, 0.3) is 0 Å². The minimum absolute atomic E-state index is 0.570. The first kappa shape index (κ1) is 14.6. The molecule has 0 aliphatic carbocycles. The van der Waals surface area contributed by atoms with Gasteiger partial charge in [-0.25, -0.2) is 0 Å². The normalized spacial score (nSPS) is 16.5. The third-order valence-electron chi connectivity index (χ3n) is 3.29. The Morgan fingerprint density at radius 2 is 1.89 bits per heavy atom. The van der Waals surface area contributed by atoms with Gasteiger partial charge in [-0.05, 0) is 44.1 Å². The van der Waals surface area contributed by atoms with E-state index < -0.39 is 0 Å². The highest BCUT2D eigenvalue weighted by atomic mass is 35.5. The van der Waals surface area contributed by atoms with Crippen LogP contribution in [0.1, 0.15) is 19.3 Å². The number of piperidine rings is 1. The fourth-order valence-corrected chi connectivity index (χ4v) is 2.43. The minimum atomic E-state index is 0.570. The van der Waals surface area contributed by atoms with Gasteiger partial charge in [0.1, 0.15) is 12.4 Å². The van der Waals surface area contributed by atoms with Gasteiger partial charge in [0, 0.05) is 11.6 Å². The highest BCUT2D eigenvalue weighted by Crippen LogP contribution is 2.16. The molecule has 1 aromatic carbocycles. The van der Waals surface area contributed by atoms with Crippen LogP contribution in [0.5, 0.6) is 5.75 Å². The second-order valence-corrected chi connectivity index (χ2v) is 5.26. The van der Waals surface area contributed by atoms with Crippen LogP contribution >= 0.6 is 11.6 Å². The molecule has 0 unspecified atom stereocenters. The van der Waals surface area contributed by atoms with Crippen molar-refractivity contribution in [1.82, 2.24) is 4.90 Å². The molecular weight excluding hydrogens is 262 g/mol. The lowest BCUT2D eigenvalue weighted by Gasteiger charge is -2.26. The average Bonchev–Trinajstić information content (AvgIpc) is 2.44. The number of likely N-dealkylation sites (tertiary alicyclic amines) is 1. The van der Waals surface area contributed by atoms with Crippen LogP contribution < -0.4 is 4.74 Å². The molecule has 1 heterocycles. The molecule has 1 aliphatic rings. The molecule has 0 amide bonds. The highest BCUT2D eigenvalue weighted by molar-refractivity contribution is 6.30. The van der Waals surface area contributed by atoms with Crippen LogP contribution in [-0.2, 0) is 4.74 Å². The lowest BCUT2D eigenvalue weighted by Crippen LogP contribution is -2.32. The van der Waals surface area contributed by atoms with Crippen molar-refractivity contribution in [2.24, 2.45) is 0 Å². The van der Waals surface area contributed by atoms with Crippen LogP contribution in [0.25, 0.3) is 0 Å². The van der Waals surface area contributed by atoms with E-state index in [0.717, 1.165) is 18.9 Å². The Bertz CT molecular complexity index is 367. The summed E-state index contributed by atoms with van der Waals surface area (Å²) >= 11 is 5.88. The van der Waals surface area contributed by atoms with E-state index in [9.17, 15) is 0 Å². The van der Waals surface area contributed by atoms with Gasteiger partial charge in [-0.1, -0.05) is 24.1 Å². The van der Waals surface area contributed by atoms with E-state index in [-0.39, 0.29) is 0 Å². The Morgan fingerprint density at radius 3 is 2.68 bits per heavy atom. The molecular formula is C15H22ClNO2. The summed E-state index contributed by atoms with van der Waals surface area (Å²) in [6.45, 7) is 5.47. The summed E-state index contributed by atoms with van der Waals surface area (Å²) in [5, 5.41) is 0.698. The summed E-state index contributed by atoms with van der Waals surface area (Å²) in [6, 6.07) is 7.44. The minimum Gasteiger partial charge on any atom is -0.491 e. The zero-order valence-corrected chi connectivity index (χ0v) is 12.1. The molecule has 4 heteroatoms. The second kappa shape index (κ2) is 8.41. The predicted octanol–water partition coefficient (Wildman–Crippen LogP) is 3.22. The van der Waals surface area contributed by atoms with E-state index in [4.69, 9.17) is 21.1 Å². The first-order valence-electron chi connectivity index (χ1n) is 7.03. The van der Waals surface area contributed by atoms with Crippen LogP contribution in [0.2, 0.25) is 5.02 Å². The van der Waals surface area contributed by atoms with Gasteiger partial charge in [0.05, 0.1) is 13.2 Å². The van der Waals surface area contributed by atoms with Crippen LogP contribution in [-0.4, -0.2) is 44.4 Å². The largest absolute Gasteiger partial charge is 0.491 e. The van der Waals surface area contributed by atoms with E-state index in [1.54, 1.807) is 0 Å². The monoisotopic (exact) mass is 283 g/mol. The molecule has 0 saturated carbocycles. The molecule has 1 aliphatic heterocycles. The maximum atomic E-state index is 5.88. The topological polar surface area (TPSA) is 21.7 Å². The number of hydrogen-bond donors (Lipinski definition) is 0. The van der Waals surface area contributed by atoms with Crippen LogP contribution in [0.15, 0.2) is 24.3 Å². The SMILES string of the molecule is Clc1cccc(OCCOCCN2CCCCC2)c1. The number of benzene rings is 1. The molecule has 1 aromatic rings. The van der Waals surface area contributed by atoms with Gasteiger partial charge in [0.2, 0.25) is 0 Å². The molecule has 1 saturated heterocycles. The van der Waals surface area contributed by atoms with Gasteiger partial charge < -0.3 is 14.4 Å². The molecule has 0 N–H and O–H groups in total. The Kier molecular flexibility index (Phi) is 6.48. The van der Waals surface area contributed by atoms with E-state index in [2.05, 4.69) is 4.90 Å². The van der Waals surface area contributed by atoms with Gasteiger partial charge in [-0.3, -0.25) is 0 Å². The van der Waals surface area contributed by atoms with Crippen molar-refractivity contribution in [2.75, 3.05) is 39.5 Å². The van der Waals surface area contributed by atoms with Gasteiger partial charge in [-0.15, -0.1) is 0 Å². The summed E-state index contributed by atoms with van der Waals surface area (Å²) in [5.41, 5.74) is 0. The first-order chi connectivity index (χ1) is 9.34. The van der Waals surface area contributed by atoms with Crippen LogP contribution in [0, 0.1) is 0 Å². The Labute approximate surface area is 120 Å². The Balaban J connectivity index is 1.50. The van der Waals surface area contributed by atoms with Crippen molar-refractivity contribution in [3.05, 3.63) is 29.3 Å². The summed E-state index contributed by atoms with van der Waals surface area (Å²) in [4.78, 5) is 2.47. The van der Waals surface area contributed by atoms with Crippen molar-refractivity contribution in [3.8, 4) is 5.75 Å². The number of ether oxygens (including phenoxy) is 2. The van der Waals surface area contributed by atoms with E-state index >= 15 is 0 Å². The maximum absolute atomic E-state index is 5.88. The van der Waals surface area contributed by atoms with Gasteiger partial charge >= 0.3 is 0 Å². The summed E-state index contributed by atoms with van der Waals surface area (Å²) in [5.74, 6) is 0.798. The van der Waals surface area contributed by atoms with Gasteiger partial charge in [0.15, 0.2) is 0 Å². The molecule has 1 fully saturated rings. The van der Waals surface area contributed by atoms with E-state index in [1.807, 2.05) is 24.3 Å². The van der Waals surface area contributed by atoms with Crippen molar-refractivity contribution in [3.63, 3.8) is 0 Å². The van der Waals surface area contributed by atoms with Gasteiger partial charge in [-0.2, -0.15) is 0 Å². The van der Waals surface area contributed by atoms with Crippen molar-refractivity contribution in [2.45, 2.75) is 19.3 Å². The summed E-state index contributed by atoms with van der Waals surface area (Å²) < 4.78 is 11.1. The fourth-order valence-electron chi connectivity index (χ4n) is 2.25. The summed E-state index contributed by atoms with van der Waals surface area (Å²) in [7, 11) is 0. The lowest BCUT2D eigenvalue weighted by atomic mass is 10.1.